The molecule has 0 saturated heterocycles. The summed E-state index contributed by atoms with van der Waals surface area (Å²) in [6.07, 6.45) is 8.12. The fourth-order valence-electron chi connectivity index (χ4n) is 5.21. The Morgan fingerprint density at radius 1 is 1.05 bits per heavy atom. The number of hydrogen-bond acceptors (Lipinski definition) is 4. The largest absolute Gasteiger partial charge is 0.504 e. The van der Waals surface area contributed by atoms with Crippen LogP contribution in [0.1, 0.15) is 48.9 Å². The van der Waals surface area contributed by atoms with Crippen molar-refractivity contribution in [3.8, 4) is 11.5 Å². The summed E-state index contributed by atoms with van der Waals surface area (Å²) in [5.74, 6) is 2.83. The van der Waals surface area contributed by atoms with E-state index in [1.165, 1.54) is 50.7 Å². The SMILES string of the molecule is O=C(CSC12CC3CC(CC(C3)C1)C2)c1ccc(O)c(O)c1. The highest BCUT2D eigenvalue weighted by molar-refractivity contribution is 8.01. The Kier molecular flexibility index (Phi) is 3.40. The molecule has 4 saturated carbocycles. The minimum Gasteiger partial charge on any atom is -0.504 e. The third-order valence-corrected chi connectivity index (χ3v) is 7.31. The average Bonchev–Trinajstić information content (AvgIpc) is 2.46. The Morgan fingerprint density at radius 3 is 2.18 bits per heavy atom. The Balaban J connectivity index is 1.44. The molecule has 2 N–H and O–H groups in total. The highest BCUT2D eigenvalue weighted by Gasteiger charge is 2.51. The second-order valence-corrected chi connectivity index (χ2v) is 8.96. The van der Waals surface area contributed by atoms with Gasteiger partial charge in [-0.15, -0.1) is 11.8 Å². The van der Waals surface area contributed by atoms with E-state index in [1.807, 2.05) is 11.8 Å². The van der Waals surface area contributed by atoms with Crippen LogP contribution in [0.5, 0.6) is 11.5 Å². The number of carbonyl (C=O) groups excluding carboxylic acids is 1. The first-order chi connectivity index (χ1) is 10.5. The van der Waals surface area contributed by atoms with Gasteiger partial charge >= 0.3 is 0 Å². The summed E-state index contributed by atoms with van der Waals surface area (Å²) < 4.78 is 0.337. The van der Waals surface area contributed by atoms with E-state index in [1.54, 1.807) is 6.07 Å². The molecule has 0 amide bonds. The molecule has 0 unspecified atom stereocenters. The van der Waals surface area contributed by atoms with Crippen LogP contribution in [0.2, 0.25) is 0 Å². The van der Waals surface area contributed by atoms with Crippen LogP contribution in [-0.4, -0.2) is 26.5 Å². The van der Waals surface area contributed by atoms with Crippen LogP contribution in [0.15, 0.2) is 18.2 Å². The third kappa shape index (κ3) is 2.51. The number of benzene rings is 1. The molecule has 1 aromatic carbocycles. The van der Waals surface area contributed by atoms with Gasteiger partial charge in [0, 0.05) is 10.3 Å². The van der Waals surface area contributed by atoms with Gasteiger partial charge < -0.3 is 10.2 Å². The molecule has 0 aliphatic heterocycles. The molecule has 0 aromatic heterocycles. The van der Waals surface area contributed by atoms with Gasteiger partial charge in [-0.25, -0.2) is 0 Å². The average molecular weight is 318 g/mol. The van der Waals surface area contributed by atoms with Crippen molar-refractivity contribution in [1.29, 1.82) is 0 Å². The van der Waals surface area contributed by atoms with Gasteiger partial charge in [0.1, 0.15) is 0 Å². The number of phenolic OH excluding ortho intramolecular Hbond substituents is 2. The molecule has 4 fully saturated rings. The molecule has 4 aliphatic carbocycles. The molecule has 0 radical (unpaired) electrons. The van der Waals surface area contributed by atoms with E-state index in [2.05, 4.69) is 0 Å². The van der Waals surface area contributed by atoms with Crippen LogP contribution >= 0.6 is 11.8 Å². The lowest BCUT2D eigenvalue weighted by Crippen LogP contribution is -2.48. The Bertz CT molecular complexity index is 575. The van der Waals surface area contributed by atoms with Crippen molar-refractivity contribution in [2.45, 2.75) is 43.3 Å². The zero-order valence-electron chi connectivity index (χ0n) is 12.6. The van der Waals surface area contributed by atoms with E-state index in [0.29, 0.717) is 16.1 Å². The molecule has 118 valence electrons. The van der Waals surface area contributed by atoms with E-state index in [-0.39, 0.29) is 17.3 Å². The Morgan fingerprint density at radius 2 is 1.64 bits per heavy atom. The van der Waals surface area contributed by atoms with Crippen molar-refractivity contribution >= 4 is 17.5 Å². The van der Waals surface area contributed by atoms with Gasteiger partial charge in [0.05, 0.1) is 5.75 Å². The monoisotopic (exact) mass is 318 g/mol. The number of phenols is 2. The highest BCUT2D eigenvalue weighted by atomic mass is 32.2. The summed E-state index contributed by atoms with van der Waals surface area (Å²) in [6, 6.07) is 4.35. The van der Waals surface area contributed by atoms with Crippen LogP contribution in [0, 0.1) is 17.8 Å². The molecule has 0 atom stereocenters. The number of hydrogen-bond donors (Lipinski definition) is 2. The number of carbonyl (C=O) groups is 1. The maximum Gasteiger partial charge on any atom is 0.172 e. The lowest BCUT2D eigenvalue weighted by molar-refractivity contribution is 0.0383. The minimum absolute atomic E-state index is 0.0519. The van der Waals surface area contributed by atoms with Crippen molar-refractivity contribution in [1.82, 2.24) is 0 Å². The van der Waals surface area contributed by atoms with Crippen molar-refractivity contribution in [3.63, 3.8) is 0 Å². The van der Waals surface area contributed by atoms with Crippen LogP contribution in [0.3, 0.4) is 0 Å². The molecule has 4 bridgehead atoms. The summed E-state index contributed by atoms with van der Waals surface area (Å²) >= 11 is 1.85. The van der Waals surface area contributed by atoms with Gasteiger partial charge in [0.15, 0.2) is 17.3 Å². The van der Waals surface area contributed by atoms with Gasteiger partial charge in [0.25, 0.3) is 0 Å². The molecule has 1 aromatic rings. The first-order valence-corrected chi connectivity index (χ1v) is 9.21. The lowest BCUT2D eigenvalue weighted by Gasteiger charge is -2.56. The van der Waals surface area contributed by atoms with E-state index < -0.39 is 0 Å². The molecule has 4 heteroatoms. The maximum atomic E-state index is 12.4. The Labute approximate surface area is 135 Å². The summed E-state index contributed by atoms with van der Waals surface area (Å²) in [5.41, 5.74) is 0.493. The van der Waals surface area contributed by atoms with Gasteiger partial charge in [-0.3, -0.25) is 4.79 Å². The Hall–Kier alpha value is -1.16. The predicted molar refractivity (Wildman–Crippen MR) is 87.5 cm³/mol. The minimum atomic E-state index is -0.217. The van der Waals surface area contributed by atoms with Crippen LogP contribution < -0.4 is 0 Å². The van der Waals surface area contributed by atoms with Crippen molar-refractivity contribution in [2.24, 2.45) is 17.8 Å². The van der Waals surface area contributed by atoms with Gasteiger partial charge in [0.2, 0.25) is 0 Å². The van der Waals surface area contributed by atoms with E-state index in [0.717, 1.165) is 17.8 Å². The van der Waals surface area contributed by atoms with Gasteiger partial charge in [-0.2, -0.15) is 0 Å². The number of thioether (sulfide) groups is 1. The second-order valence-electron chi connectivity index (χ2n) is 7.52. The summed E-state index contributed by atoms with van der Waals surface area (Å²) in [5, 5.41) is 18.9. The van der Waals surface area contributed by atoms with Crippen molar-refractivity contribution in [3.05, 3.63) is 23.8 Å². The molecular weight excluding hydrogens is 296 g/mol. The maximum absolute atomic E-state index is 12.4. The topological polar surface area (TPSA) is 57.5 Å². The van der Waals surface area contributed by atoms with E-state index in [9.17, 15) is 15.0 Å². The molecule has 5 rings (SSSR count). The zero-order valence-corrected chi connectivity index (χ0v) is 13.4. The quantitative estimate of drug-likeness (QED) is 0.651. The number of aromatic hydroxyl groups is 2. The first kappa shape index (κ1) is 14.4. The lowest BCUT2D eigenvalue weighted by atomic mass is 9.56. The molecule has 4 aliphatic rings. The summed E-state index contributed by atoms with van der Waals surface area (Å²) in [7, 11) is 0. The first-order valence-electron chi connectivity index (χ1n) is 8.22. The smallest absolute Gasteiger partial charge is 0.172 e. The standard InChI is InChI=1S/C18H22O3S/c19-15-2-1-14(6-16(15)20)17(21)10-22-18-7-11-3-12(8-18)5-13(4-11)9-18/h1-2,6,11-13,19-20H,3-5,7-10H2. The summed E-state index contributed by atoms with van der Waals surface area (Å²) in [4.78, 5) is 12.4. The van der Waals surface area contributed by atoms with E-state index in [4.69, 9.17) is 0 Å². The van der Waals surface area contributed by atoms with Crippen LogP contribution in [-0.2, 0) is 0 Å². The zero-order chi connectivity index (χ0) is 15.3. The predicted octanol–water partition coefficient (Wildman–Crippen LogP) is 3.98. The number of Topliss-reactive ketones (excluding diaryl/α,β-unsaturated/α-hetero) is 1. The second kappa shape index (κ2) is 5.19. The number of ketones is 1. The van der Waals surface area contributed by atoms with Crippen molar-refractivity contribution in [2.75, 3.05) is 5.75 Å². The summed E-state index contributed by atoms with van der Waals surface area (Å²) in [6.45, 7) is 0. The van der Waals surface area contributed by atoms with E-state index >= 15 is 0 Å². The molecule has 3 nitrogen and oxygen atoms in total. The molecule has 0 heterocycles. The normalized spacial score (nSPS) is 35.7. The fraction of sp³-hybridized carbons (Fsp3) is 0.611. The third-order valence-electron chi connectivity index (χ3n) is 5.79. The molecule has 0 spiro atoms. The van der Waals surface area contributed by atoms with Crippen LogP contribution in [0.25, 0.3) is 0 Å². The number of rotatable bonds is 4. The van der Waals surface area contributed by atoms with Crippen LogP contribution in [0.4, 0.5) is 0 Å². The fourth-order valence-corrected chi connectivity index (χ4v) is 6.87. The van der Waals surface area contributed by atoms with Crippen molar-refractivity contribution < 1.29 is 15.0 Å². The van der Waals surface area contributed by atoms with Gasteiger partial charge in [-0.05, 0) is 74.5 Å². The highest BCUT2D eigenvalue weighted by Crippen LogP contribution is 2.60. The molecular formula is C18H22O3S. The van der Waals surface area contributed by atoms with Gasteiger partial charge in [-0.1, -0.05) is 0 Å². The molecule has 22 heavy (non-hydrogen) atoms.